The van der Waals surface area contributed by atoms with Crippen molar-refractivity contribution in [1.82, 2.24) is 5.32 Å². The average Bonchev–Trinajstić information content (AvgIpc) is 2.84. The van der Waals surface area contributed by atoms with Gasteiger partial charge in [0.05, 0.1) is 13.2 Å². The molecule has 0 atom stereocenters. The lowest BCUT2D eigenvalue weighted by Crippen LogP contribution is -3.12. The molecule has 4 heteroatoms. The molecule has 1 amide bonds. The molecule has 1 aliphatic heterocycles. The first-order valence-electron chi connectivity index (χ1n) is 11.2. The van der Waals surface area contributed by atoms with Crippen LogP contribution in [0.25, 0.3) is 0 Å². The quantitative estimate of drug-likeness (QED) is 0.594. The molecule has 4 nitrogen and oxygen atoms in total. The number of benzene rings is 3. The van der Waals surface area contributed by atoms with Crippen LogP contribution in [-0.4, -0.2) is 38.8 Å². The normalized spacial score (nSPS) is 14.5. The minimum absolute atomic E-state index is 0.00913. The van der Waals surface area contributed by atoms with E-state index in [-0.39, 0.29) is 11.8 Å². The number of morpholine rings is 1. The molecule has 0 aromatic heterocycles. The van der Waals surface area contributed by atoms with E-state index >= 15 is 0 Å². The molecule has 1 heterocycles. The molecule has 0 spiro atoms. The number of quaternary nitrogens is 1. The second-order valence-corrected chi connectivity index (χ2v) is 8.15. The summed E-state index contributed by atoms with van der Waals surface area (Å²) in [5, 5.41) is 3.11. The molecule has 0 bridgehead atoms. The van der Waals surface area contributed by atoms with Crippen LogP contribution in [0.2, 0.25) is 0 Å². The SMILES string of the molecule is O=C(NCCC(c1ccccc1)c1ccccc1)c1ccc(C[NH+]2CCOCC2)cc1. The Kier molecular flexibility index (Phi) is 7.48. The number of amides is 1. The lowest BCUT2D eigenvalue weighted by atomic mass is 9.88. The van der Waals surface area contributed by atoms with Crippen molar-refractivity contribution in [1.29, 1.82) is 0 Å². The zero-order valence-corrected chi connectivity index (χ0v) is 17.9. The minimum atomic E-state index is -0.00913. The largest absolute Gasteiger partial charge is 0.370 e. The molecule has 4 rings (SSSR count). The van der Waals surface area contributed by atoms with Gasteiger partial charge in [-0.2, -0.15) is 0 Å². The van der Waals surface area contributed by atoms with Gasteiger partial charge in [0.1, 0.15) is 19.6 Å². The van der Waals surface area contributed by atoms with E-state index in [2.05, 4.69) is 66.0 Å². The molecule has 0 saturated carbocycles. The Labute approximate surface area is 184 Å². The van der Waals surface area contributed by atoms with E-state index in [0.717, 1.165) is 44.8 Å². The number of carbonyl (C=O) groups is 1. The van der Waals surface area contributed by atoms with Crippen molar-refractivity contribution >= 4 is 5.91 Å². The fourth-order valence-corrected chi connectivity index (χ4v) is 4.23. The molecule has 0 radical (unpaired) electrons. The number of ether oxygens (including phenoxy) is 1. The van der Waals surface area contributed by atoms with Crippen molar-refractivity contribution in [3.63, 3.8) is 0 Å². The number of carbonyl (C=O) groups excluding carboxylic acids is 1. The standard InChI is InChI=1S/C27H30N2O2/c30-27(25-13-11-22(12-14-25)21-29-17-19-31-20-18-29)28-16-15-26(23-7-3-1-4-8-23)24-9-5-2-6-10-24/h1-14,26H,15-21H2,(H,28,30)/p+1. The van der Waals surface area contributed by atoms with E-state index < -0.39 is 0 Å². The van der Waals surface area contributed by atoms with E-state index in [4.69, 9.17) is 4.74 Å². The second-order valence-electron chi connectivity index (χ2n) is 8.15. The first kappa shape index (κ1) is 21.3. The summed E-state index contributed by atoms with van der Waals surface area (Å²) in [6.07, 6.45) is 0.859. The van der Waals surface area contributed by atoms with Gasteiger partial charge in [-0.15, -0.1) is 0 Å². The Morgan fingerprint density at radius 3 is 2.00 bits per heavy atom. The Hall–Kier alpha value is -2.95. The van der Waals surface area contributed by atoms with E-state index in [0.29, 0.717) is 6.54 Å². The van der Waals surface area contributed by atoms with Gasteiger partial charge in [-0.1, -0.05) is 72.8 Å². The molecule has 1 aliphatic rings. The van der Waals surface area contributed by atoms with Gasteiger partial charge in [-0.05, 0) is 29.7 Å². The third kappa shape index (κ3) is 6.03. The fourth-order valence-electron chi connectivity index (χ4n) is 4.23. The van der Waals surface area contributed by atoms with Crippen LogP contribution in [0.3, 0.4) is 0 Å². The van der Waals surface area contributed by atoms with Gasteiger partial charge in [-0.25, -0.2) is 0 Å². The van der Waals surface area contributed by atoms with Gasteiger partial charge < -0.3 is 15.0 Å². The fraction of sp³-hybridized carbons (Fsp3) is 0.296. The molecular formula is C27H31N2O2+. The van der Waals surface area contributed by atoms with E-state index in [1.165, 1.54) is 21.6 Å². The summed E-state index contributed by atoms with van der Waals surface area (Å²) in [5.74, 6) is 0.256. The third-order valence-corrected chi connectivity index (χ3v) is 5.99. The number of hydrogen-bond donors (Lipinski definition) is 2. The van der Waals surface area contributed by atoms with Crippen LogP contribution < -0.4 is 10.2 Å². The topological polar surface area (TPSA) is 42.8 Å². The van der Waals surface area contributed by atoms with Crippen LogP contribution in [0.4, 0.5) is 0 Å². The van der Waals surface area contributed by atoms with Gasteiger partial charge in [0.2, 0.25) is 0 Å². The van der Waals surface area contributed by atoms with E-state index in [1.807, 2.05) is 24.3 Å². The highest BCUT2D eigenvalue weighted by atomic mass is 16.5. The summed E-state index contributed by atoms with van der Waals surface area (Å²) in [7, 11) is 0. The maximum Gasteiger partial charge on any atom is 0.251 e. The number of hydrogen-bond acceptors (Lipinski definition) is 2. The summed E-state index contributed by atoms with van der Waals surface area (Å²) in [5.41, 5.74) is 4.54. The maximum atomic E-state index is 12.7. The van der Waals surface area contributed by atoms with Crippen molar-refractivity contribution in [2.24, 2.45) is 0 Å². The Balaban J connectivity index is 1.33. The van der Waals surface area contributed by atoms with Crippen LogP contribution in [0.5, 0.6) is 0 Å². The van der Waals surface area contributed by atoms with Gasteiger partial charge >= 0.3 is 0 Å². The van der Waals surface area contributed by atoms with Crippen LogP contribution in [0.1, 0.15) is 39.4 Å². The second kappa shape index (κ2) is 10.9. The molecule has 0 unspecified atom stereocenters. The molecule has 0 aliphatic carbocycles. The van der Waals surface area contributed by atoms with Crippen LogP contribution >= 0.6 is 0 Å². The van der Waals surface area contributed by atoms with Crippen LogP contribution in [0.15, 0.2) is 84.9 Å². The first-order valence-corrected chi connectivity index (χ1v) is 11.2. The number of nitrogens with one attached hydrogen (secondary N) is 2. The lowest BCUT2D eigenvalue weighted by Gasteiger charge is -2.23. The summed E-state index contributed by atoms with van der Waals surface area (Å²) < 4.78 is 5.42. The Bertz CT molecular complexity index is 896. The van der Waals surface area contributed by atoms with Crippen molar-refractivity contribution < 1.29 is 14.4 Å². The molecule has 3 aromatic carbocycles. The highest BCUT2D eigenvalue weighted by molar-refractivity contribution is 5.94. The predicted molar refractivity (Wildman–Crippen MR) is 123 cm³/mol. The maximum absolute atomic E-state index is 12.7. The van der Waals surface area contributed by atoms with Gasteiger partial charge in [-0.3, -0.25) is 4.79 Å². The smallest absolute Gasteiger partial charge is 0.251 e. The van der Waals surface area contributed by atoms with Crippen LogP contribution in [0, 0.1) is 0 Å². The highest BCUT2D eigenvalue weighted by Gasteiger charge is 2.16. The molecular weight excluding hydrogens is 384 g/mol. The molecule has 31 heavy (non-hydrogen) atoms. The molecule has 2 N–H and O–H groups in total. The Morgan fingerprint density at radius 2 is 1.42 bits per heavy atom. The zero-order chi connectivity index (χ0) is 21.3. The summed E-state index contributed by atoms with van der Waals surface area (Å²) in [6.45, 7) is 5.39. The summed E-state index contributed by atoms with van der Waals surface area (Å²) in [4.78, 5) is 14.2. The summed E-state index contributed by atoms with van der Waals surface area (Å²) >= 11 is 0. The van der Waals surface area contributed by atoms with Gasteiger partial charge in [0.25, 0.3) is 5.91 Å². The van der Waals surface area contributed by atoms with E-state index in [1.54, 1.807) is 0 Å². The monoisotopic (exact) mass is 415 g/mol. The predicted octanol–water partition coefficient (Wildman–Crippen LogP) is 3.05. The molecule has 3 aromatic rings. The highest BCUT2D eigenvalue weighted by Crippen LogP contribution is 2.27. The van der Waals surface area contributed by atoms with Crippen molar-refractivity contribution in [3.8, 4) is 0 Å². The first-order chi connectivity index (χ1) is 15.3. The molecule has 1 saturated heterocycles. The Morgan fingerprint density at radius 1 is 0.839 bits per heavy atom. The molecule has 1 fully saturated rings. The third-order valence-electron chi connectivity index (χ3n) is 5.99. The average molecular weight is 416 g/mol. The lowest BCUT2D eigenvalue weighted by molar-refractivity contribution is -0.921. The van der Waals surface area contributed by atoms with Crippen molar-refractivity contribution in [2.75, 3.05) is 32.8 Å². The minimum Gasteiger partial charge on any atom is -0.370 e. The van der Waals surface area contributed by atoms with Crippen molar-refractivity contribution in [3.05, 3.63) is 107 Å². The summed E-state index contributed by atoms with van der Waals surface area (Å²) in [6, 6.07) is 29.1. The number of rotatable bonds is 8. The van der Waals surface area contributed by atoms with Gasteiger partial charge in [0.15, 0.2) is 0 Å². The van der Waals surface area contributed by atoms with Gasteiger partial charge in [0, 0.05) is 23.6 Å². The molecule has 160 valence electrons. The van der Waals surface area contributed by atoms with E-state index in [9.17, 15) is 4.79 Å². The zero-order valence-electron chi connectivity index (χ0n) is 17.9. The van der Waals surface area contributed by atoms with Crippen molar-refractivity contribution in [2.45, 2.75) is 18.9 Å². The van der Waals surface area contributed by atoms with Crippen LogP contribution in [-0.2, 0) is 11.3 Å².